The van der Waals surface area contributed by atoms with Crippen molar-refractivity contribution in [2.24, 2.45) is 11.8 Å². The number of nitrogens with zero attached hydrogens (tertiary/aromatic N) is 2. The van der Waals surface area contributed by atoms with E-state index in [1.807, 2.05) is 26.8 Å². The third-order valence-electron chi connectivity index (χ3n) is 6.81. The molecule has 0 spiro atoms. The molecule has 0 saturated carbocycles. The van der Waals surface area contributed by atoms with Crippen LogP contribution in [-0.2, 0) is 9.47 Å². The first kappa shape index (κ1) is 37.5. The minimum absolute atomic E-state index is 0.135. The first-order valence-electron chi connectivity index (χ1n) is 15.3. The second kappa shape index (κ2) is 19.0. The van der Waals surface area contributed by atoms with Gasteiger partial charge < -0.3 is 29.6 Å². The van der Waals surface area contributed by atoms with Gasteiger partial charge in [0.2, 0.25) is 5.88 Å². The highest BCUT2D eigenvalue weighted by atomic mass is 32.1. The number of amides is 2. The Hall–Kier alpha value is -3.70. The average molecular weight is 643 g/mol. The molecule has 248 valence electrons. The molecule has 2 N–H and O–H groups in total. The second-order valence-corrected chi connectivity index (χ2v) is 12.6. The van der Waals surface area contributed by atoms with E-state index < -0.39 is 11.8 Å². The van der Waals surface area contributed by atoms with E-state index in [-0.39, 0.29) is 23.2 Å². The Labute approximate surface area is 271 Å². The Bertz CT molecular complexity index is 1400. The van der Waals surface area contributed by atoms with Crippen LogP contribution in [0.15, 0.2) is 36.7 Å². The summed E-state index contributed by atoms with van der Waals surface area (Å²) in [5.74, 6) is 1.99. The number of aromatic nitrogens is 2. The van der Waals surface area contributed by atoms with Crippen LogP contribution >= 0.6 is 11.3 Å². The molecule has 0 radical (unpaired) electrons. The van der Waals surface area contributed by atoms with Crippen molar-refractivity contribution >= 4 is 39.1 Å². The molecule has 0 aliphatic heterocycles. The van der Waals surface area contributed by atoms with Crippen molar-refractivity contribution in [3.63, 3.8) is 0 Å². The molecule has 10 nitrogen and oxygen atoms in total. The Kier molecular flexibility index (Phi) is 15.8. The fourth-order valence-electron chi connectivity index (χ4n) is 4.84. The number of carbonyl (C=O) groups excluding carboxylic acids is 2. The number of aryl methyl sites for hydroxylation is 1. The zero-order valence-electron chi connectivity index (χ0n) is 28.2. The molecule has 0 saturated heterocycles. The van der Waals surface area contributed by atoms with E-state index in [0.29, 0.717) is 40.3 Å². The molecule has 2 amide bonds. The fraction of sp³-hybridized carbons (Fsp3) is 0.529. The number of methoxy groups -OCH3 is 3. The second-order valence-electron chi connectivity index (χ2n) is 11.4. The van der Waals surface area contributed by atoms with Crippen molar-refractivity contribution in [1.29, 1.82) is 0 Å². The van der Waals surface area contributed by atoms with Gasteiger partial charge in [-0.15, -0.1) is 11.3 Å². The quantitative estimate of drug-likeness (QED) is 0.155. The van der Waals surface area contributed by atoms with Gasteiger partial charge in [-0.25, -0.2) is 9.97 Å². The molecule has 0 bridgehead atoms. The van der Waals surface area contributed by atoms with Gasteiger partial charge in [0, 0.05) is 32.7 Å². The molecule has 0 fully saturated rings. The smallest absolute Gasteiger partial charge is 0.261 e. The summed E-state index contributed by atoms with van der Waals surface area (Å²) >= 11 is 1.40. The molecule has 2 heterocycles. The Morgan fingerprint density at radius 2 is 1.80 bits per heavy atom. The van der Waals surface area contributed by atoms with Crippen LogP contribution in [0.5, 0.6) is 11.6 Å². The van der Waals surface area contributed by atoms with E-state index in [9.17, 15) is 9.59 Å². The van der Waals surface area contributed by atoms with E-state index >= 15 is 0 Å². The molecule has 2 aromatic heterocycles. The van der Waals surface area contributed by atoms with Crippen molar-refractivity contribution in [2.45, 2.75) is 73.3 Å². The van der Waals surface area contributed by atoms with Crippen LogP contribution in [0.4, 0.5) is 5.69 Å². The van der Waals surface area contributed by atoms with Crippen molar-refractivity contribution < 1.29 is 28.5 Å². The number of thiazole rings is 1. The van der Waals surface area contributed by atoms with E-state index in [4.69, 9.17) is 18.9 Å². The van der Waals surface area contributed by atoms with Crippen molar-refractivity contribution in [1.82, 2.24) is 15.3 Å². The predicted octanol–water partition coefficient (Wildman–Crippen LogP) is 7.42. The molecule has 45 heavy (non-hydrogen) atoms. The van der Waals surface area contributed by atoms with Crippen molar-refractivity contribution in [3.8, 4) is 11.6 Å². The first-order chi connectivity index (χ1) is 21.4. The van der Waals surface area contributed by atoms with Gasteiger partial charge in [0.05, 0.1) is 58.8 Å². The zero-order chi connectivity index (χ0) is 33.5. The van der Waals surface area contributed by atoms with Crippen LogP contribution < -0.4 is 20.1 Å². The minimum Gasteiger partial charge on any atom is -0.502 e. The number of fused-ring (bicyclic) bond motifs is 1. The standard InChI is InChI=1S/C24H28N4O5S.C10H22O/c1-13(2)33-19-8-7-17-22(34-15(4)27-17)21(19)24(30)28-18-12-26-20(32-6)11-16(18)23(29)25-10-9-14(3)31-5;1-5-6-9(2)7-10(3)8-11-4/h7-8,11-13H,3,9-10H2,1-2,4-6H3,(H,25,29)(H,28,30);9-10H,5-8H2,1-4H3. The van der Waals surface area contributed by atoms with Crippen LogP contribution in [0, 0.1) is 18.8 Å². The van der Waals surface area contributed by atoms with E-state index in [2.05, 4.69) is 48.0 Å². The molecule has 2 atom stereocenters. The summed E-state index contributed by atoms with van der Waals surface area (Å²) in [5.41, 5.74) is 1.51. The number of pyridine rings is 1. The average Bonchev–Trinajstić information content (AvgIpc) is 3.37. The van der Waals surface area contributed by atoms with Gasteiger partial charge in [-0.2, -0.15) is 0 Å². The summed E-state index contributed by atoms with van der Waals surface area (Å²) in [4.78, 5) is 35.0. The molecule has 0 aliphatic carbocycles. The number of carbonyl (C=O) groups is 2. The topological polar surface area (TPSA) is 121 Å². The number of hydrogen-bond acceptors (Lipinski definition) is 9. The lowest BCUT2D eigenvalue weighted by molar-refractivity contribution is 0.0953. The van der Waals surface area contributed by atoms with Crippen molar-refractivity contribution in [3.05, 3.63) is 52.9 Å². The maximum Gasteiger partial charge on any atom is 0.261 e. The van der Waals surface area contributed by atoms with Gasteiger partial charge in [-0.05, 0) is 51.2 Å². The Morgan fingerprint density at radius 1 is 1.07 bits per heavy atom. The molecule has 3 aromatic rings. The van der Waals surface area contributed by atoms with Gasteiger partial charge >= 0.3 is 0 Å². The molecule has 0 aliphatic rings. The van der Waals surface area contributed by atoms with Crippen LogP contribution in [0.3, 0.4) is 0 Å². The lowest BCUT2D eigenvalue weighted by Gasteiger charge is -2.16. The van der Waals surface area contributed by atoms with Crippen LogP contribution in [0.25, 0.3) is 10.2 Å². The van der Waals surface area contributed by atoms with E-state index in [1.54, 1.807) is 13.2 Å². The first-order valence-corrected chi connectivity index (χ1v) is 16.2. The summed E-state index contributed by atoms with van der Waals surface area (Å²) in [6.45, 7) is 17.5. The maximum absolute atomic E-state index is 13.5. The normalized spacial score (nSPS) is 12.1. The van der Waals surface area contributed by atoms with Crippen molar-refractivity contribution in [2.75, 3.05) is 39.8 Å². The molecule has 11 heteroatoms. The predicted molar refractivity (Wildman–Crippen MR) is 182 cm³/mol. The van der Waals surface area contributed by atoms with Gasteiger partial charge in [0.25, 0.3) is 11.8 Å². The number of anilines is 1. The molecule has 3 rings (SSSR count). The Morgan fingerprint density at radius 3 is 2.42 bits per heavy atom. The van der Waals surface area contributed by atoms with E-state index in [0.717, 1.165) is 23.5 Å². The molecule has 2 unspecified atom stereocenters. The molecular weight excluding hydrogens is 592 g/mol. The van der Waals surface area contributed by atoms with Gasteiger partial charge in [0.1, 0.15) is 11.3 Å². The van der Waals surface area contributed by atoms with Crippen LogP contribution in [0.2, 0.25) is 0 Å². The lowest BCUT2D eigenvalue weighted by Crippen LogP contribution is -2.27. The number of ether oxygens (including phenoxy) is 4. The SMILES string of the molecule is C=C(CCNC(=O)c1cc(OC)ncc1NC(=O)c1c(OC(C)C)ccc2nc(C)sc12)OC.CCCC(C)CC(C)COC. The number of hydrogen-bond donors (Lipinski definition) is 2. The number of nitrogens with one attached hydrogen (secondary N) is 2. The molecular formula is C34H50N4O6S. The number of rotatable bonds is 16. The van der Waals surface area contributed by atoms with Crippen LogP contribution in [-0.4, -0.2) is 62.4 Å². The summed E-state index contributed by atoms with van der Waals surface area (Å²) in [6.07, 6.45) is 5.68. The lowest BCUT2D eigenvalue weighted by atomic mass is 9.94. The third-order valence-corrected chi connectivity index (χ3v) is 7.82. The zero-order valence-corrected chi connectivity index (χ0v) is 29.1. The summed E-state index contributed by atoms with van der Waals surface area (Å²) < 4.78 is 21.9. The fourth-order valence-corrected chi connectivity index (χ4v) is 5.79. The highest BCUT2D eigenvalue weighted by Gasteiger charge is 2.23. The van der Waals surface area contributed by atoms with Gasteiger partial charge in [0.15, 0.2) is 0 Å². The highest BCUT2D eigenvalue weighted by molar-refractivity contribution is 7.19. The summed E-state index contributed by atoms with van der Waals surface area (Å²) in [7, 11) is 4.75. The van der Waals surface area contributed by atoms with Gasteiger partial charge in [-0.1, -0.05) is 40.2 Å². The minimum atomic E-state index is -0.432. The number of benzene rings is 1. The maximum atomic E-state index is 13.5. The largest absolute Gasteiger partial charge is 0.502 e. The summed E-state index contributed by atoms with van der Waals surface area (Å²) in [5, 5.41) is 6.44. The highest BCUT2D eigenvalue weighted by Crippen LogP contribution is 2.34. The third kappa shape index (κ3) is 12.0. The van der Waals surface area contributed by atoms with Gasteiger partial charge in [-0.3, -0.25) is 9.59 Å². The monoisotopic (exact) mass is 642 g/mol. The summed E-state index contributed by atoms with van der Waals surface area (Å²) in [6, 6.07) is 5.03. The van der Waals surface area contributed by atoms with E-state index in [1.165, 1.54) is 57.1 Å². The Balaban J connectivity index is 0.000000547. The van der Waals surface area contributed by atoms with Crippen LogP contribution in [0.1, 0.15) is 86.0 Å². The molecule has 1 aromatic carbocycles.